The lowest BCUT2D eigenvalue weighted by Crippen LogP contribution is -1.97. The zero-order valence-corrected chi connectivity index (χ0v) is 18.9. The van der Waals surface area contributed by atoms with Gasteiger partial charge in [-0.15, -0.1) is 0 Å². The fourth-order valence-electron chi connectivity index (χ4n) is 3.21. The summed E-state index contributed by atoms with van der Waals surface area (Å²) in [6.07, 6.45) is 3.37. The summed E-state index contributed by atoms with van der Waals surface area (Å²) in [6.45, 7) is 2.88. The molecule has 4 rings (SSSR count). The Morgan fingerprint density at radius 3 is 2.30 bits per heavy atom. The van der Waals surface area contributed by atoms with Gasteiger partial charge in [-0.25, -0.2) is 3.97 Å². The first kappa shape index (κ1) is 22.5. The standard InChI is InChI=1S/C25H24N2O5S/c1-2-3-4-15-31-20-11-9-18(10-12-20)22-16-21(26-32-22)17-5-7-19(8-6-17)25(30)33-27-23(28)13-14-24(27)29/h5-14,16,28-29H,2-4,15H2,1H3. The summed E-state index contributed by atoms with van der Waals surface area (Å²) >= 11 is 0.701. The minimum Gasteiger partial charge on any atom is -0.494 e. The van der Waals surface area contributed by atoms with E-state index in [4.69, 9.17) is 9.26 Å². The van der Waals surface area contributed by atoms with Gasteiger partial charge < -0.3 is 19.5 Å². The predicted octanol–water partition coefficient (Wildman–Crippen LogP) is 6.13. The number of benzene rings is 2. The van der Waals surface area contributed by atoms with Gasteiger partial charge >= 0.3 is 0 Å². The lowest BCUT2D eigenvalue weighted by molar-refractivity contribution is 0.108. The number of unbranched alkanes of at least 4 members (excludes halogenated alkanes) is 2. The van der Waals surface area contributed by atoms with Gasteiger partial charge in [-0.2, -0.15) is 0 Å². The number of rotatable bonds is 9. The molecule has 0 saturated carbocycles. The summed E-state index contributed by atoms with van der Waals surface area (Å²) in [4.78, 5) is 12.5. The van der Waals surface area contributed by atoms with Crippen LogP contribution in [0.5, 0.6) is 17.5 Å². The van der Waals surface area contributed by atoms with Gasteiger partial charge in [0, 0.05) is 46.8 Å². The molecule has 2 heterocycles. The Morgan fingerprint density at radius 1 is 0.970 bits per heavy atom. The first-order valence-corrected chi connectivity index (χ1v) is 11.4. The van der Waals surface area contributed by atoms with Crippen LogP contribution in [0.15, 0.2) is 71.3 Å². The third kappa shape index (κ3) is 5.40. The molecule has 0 spiro atoms. The van der Waals surface area contributed by atoms with E-state index in [0.717, 1.165) is 40.1 Å². The number of aromatic hydroxyl groups is 2. The number of hydrogen-bond donors (Lipinski definition) is 2. The van der Waals surface area contributed by atoms with E-state index in [1.54, 1.807) is 24.3 Å². The lowest BCUT2D eigenvalue weighted by atomic mass is 10.1. The molecular weight excluding hydrogens is 440 g/mol. The average Bonchev–Trinajstić information content (AvgIpc) is 3.45. The van der Waals surface area contributed by atoms with Gasteiger partial charge in [0.05, 0.1) is 6.61 Å². The van der Waals surface area contributed by atoms with Crippen molar-refractivity contribution in [3.05, 3.63) is 72.3 Å². The van der Waals surface area contributed by atoms with Crippen LogP contribution in [0.3, 0.4) is 0 Å². The highest BCUT2D eigenvalue weighted by Gasteiger charge is 2.15. The first-order chi connectivity index (χ1) is 16.0. The molecule has 2 aromatic heterocycles. The van der Waals surface area contributed by atoms with E-state index in [0.29, 0.717) is 35.6 Å². The van der Waals surface area contributed by atoms with Crippen LogP contribution in [-0.2, 0) is 0 Å². The van der Waals surface area contributed by atoms with Crippen LogP contribution in [0.25, 0.3) is 22.6 Å². The van der Waals surface area contributed by atoms with Crippen LogP contribution in [0.2, 0.25) is 0 Å². The van der Waals surface area contributed by atoms with Crippen molar-refractivity contribution < 1.29 is 24.3 Å². The van der Waals surface area contributed by atoms with E-state index < -0.39 is 0 Å². The van der Waals surface area contributed by atoms with E-state index in [2.05, 4.69) is 12.1 Å². The van der Waals surface area contributed by atoms with E-state index in [1.807, 2.05) is 30.3 Å². The monoisotopic (exact) mass is 464 g/mol. The van der Waals surface area contributed by atoms with Gasteiger partial charge in [0.2, 0.25) is 16.9 Å². The highest BCUT2D eigenvalue weighted by Crippen LogP contribution is 2.31. The zero-order valence-electron chi connectivity index (χ0n) is 18.1. The molecule has 2 aromatic carbocycles. The molecule has 0 aliphatic carbocycles. The molecule has 0 atom stereocenters. The van der Waals surface area contributed by atoms with Crippen LogP contribution in [0, 0.1) is 0 Å². The maximum atomic E-state index is 12.5. The average molecular weight is 465 g/mol. The van der Waals surface area contributed by atoms with Crippen molar-refractivity contribution in [2.24, 2.45) is 0 Å². The van der Waals surface area contributed by atoms with Crippen LogP contribution in [-0.4, -0.2) is 31.1 Å². The summed E-state index contributed by atoms with van der Waals surface area (Å²) in [5.41, 5.74) is 2.77. The molecule has 0 saturated heterocycles. The second-order valence-corrected chi connectivity index (χ2v) is 8.38. The maximum Gasteiger partial charge on any atom is 0.240 e. The Hall–Kier alpha value is -3.65. The van der Waals surface area contributed by atoms with E-state index in [9.17, 15) is 15.0 Å². The summed E-state index contributed by atoms with van der Waals surface area (Å²) in [7, 11) is 0. The third-order valence-corrected chi connectivity index (χ3v) is 6.01. The van der Waals surface area contributed by atoms with Gasteiger partial charge in [0.25, 0.3) is 0 Å². The summed E-state index contributed by atoms with van der Waals surface area (Å²) in [5.74, 6) is 1.06. The topological polar surface area (TPSA) is 97.7 Å². The Morgan fingerprint density at radius 2 is 1.64 bits per heavy atom. The molecular formula is C25H24N2O5S. The fourth-order valence-corrected chi connectivity index (χ4v) is 3.93. The van der Waals surface area contributed by atoms with Crippen molar-refractivity contribution in [3.63, 3.8) is 0 Å². The van der Waals surface area contributed by atoms with Crippen molar-refractivity contribution in [2.75, 3.05) is 6.61 Å². The molecule has 0 aliphatic rings. The molecule has 33 heavy (non-hydrogen) atoms. The maximum absolute atomic E-state index is 12.5. The molecule has 0 radical (unpaired) electrons. The fraction of sp³-hybridized carbons (Fsp3) is 0.200. The Kier molecular flexibility index (Phi) is 7.04. The quantitative estimate of drug-likeness (QED) is 0.288. The molecule has 0 fully saturated rings. The molecule has 0 amide bonds. The normalized spacial score (nSPS) is 10.9. The Labute approximate surface area is 195 Å². The van der Waals surface area contributed by atoms with E-state index >= 15 is 0 Å². The van der Waals surface area contributed by atoms with Crippen molar-refractivity contribution >= 4 is 17.1 Å². The van der Waals surface area contributed by atoms with Crippen LogP contribution >= 0.6 is 11.9 Å². The van der Waals surface area contributed by atoms with Crippen molar-refractivity contribution in [1.82, 2.24) is 9.13 Å². The van der Waals surface area contributed by atoms with Crippen LogP contribution < -0.4 is 4.74 Å². The number of hydrogen-bond acceptors (Lipinski definition) is 7. The third-order valence-electron chi connectivity index (χ3n) is 5.05. The van der Waals surface area contributed by atoms with Crippen LogP contribution in [0.1, 0.15) is 36.5 Å². The smallest absolute Gasteiger partial charge is 0.240 e. The van der Waals surface area contributed by atoms with Gasteiger partial charge in [-0.05, 0) is 42.8 Å². The zero-order chi connectivity index (χ0) is 23.2. The van der Waals surface area contributed by atoms with Crippen molar-refractivity contribution in [2.45, 2.75) is 26.2 Å². The van der Waals surface area contributed by atoms with Gasteiger partial charge in [-0.3, -0.25) is 4.79 Å². The Balaban J connectivity index is 1.40. The number of carbonyl (C=O) groups is 1. The molecule has 0 aliphatic heterocycles. The molecule has 170 valence electrons. The van der Waals surface area contributed by atoms with Crippen molar-refractivity contribution in [3.8, 4) is 40.1 Å². The van der Waals surface area contributed by atoms with E-state index in [-0.39, 0.29) is 16.9 Å². The second kappa shape index (κ2) is 10.3. The lowest BCUT2D eigenvalue weighted by Gasteiger charge is -2.05. The summed E-state index contributed by atoms with van der Waals surface area (Å²) in [6, 6.07) is 19.1. The molecule has 8 heteroatoms. The minimum atomic E-state index is -0.318. The Bertz CT molecular complexity index is 1190. The number of nitrogens with zero attached hydrogens (tertiary/aromatic N) is 2. The van der Waals surface area contributed by atoms with E-state index in [1.165, 1.54) is 12.1 Å². The largest absolute Gasteiger partial charge is 0.494 e. The predicted molar refractivity (Wildman–Crippen MR) is 127 cm³/mol. The van der Waals surface area contributed by atoms with Crippen LogP contribution in [0.4, 0.5) is 0 Å². The molecule has 2 N–H and O–H groups in total. The molecule has 0 bridgehead atoms. The highest BCUT2D eigenvalue weighted by atomic mass is 32.2. The number of aromatic nitrogens is 2. The van der Waals surface area contributed by atoms with Gasteiger partial charge in [-0.1, -0.05) is 37.1 Å². The first-order valence-electron chi connectivity index (χ1n) is 10.7. The number of carbonyl (C=O) groups excluding carboxylic acids is 1. The minimum absolute atomic E-state index is 0.200. The molecule has 7 nitrogen and oxygen atoms in total. The van der Waals surface area contributed by atoms with Gasteiger partial charge in [0.15, 0.2) is 5.76 Å². The summed E-state index contributed by atoms with van der Waals surface area (Å²) in [5, 5.41) is 23.2. The molecule has 0 unspecified atom stereocenters. The van der Waals surface area contributed by atoms with Crippen molar-refractivity contribution in [1.29, 1.82) is 0 Å². The summed E-state index contributed by atoms with van der Waals surface area (Å²) < 4.78 is 12.3. The molecule has 4 aromatic rings. The SMILES string of the molecule is CCCCCOc1ccc(-c2cc(-c3ccc(C(=O)Sn4c(O)ccc4O)cc3)no2)cc1. The van der Waals surface area contributed by atoms with Gasteiger partial charge in [0.1, 0.15) is 11.4 Å². The highest BCUT2D eigenvalue weighted by molar-refractivity contribution is 8.12. The second-order valence-electron chi connectivity index (χ2n) is 7.46. The number of ether oxygens (including phenoxy) is 1.